The van der Waals surface area contributed by atoms with Crippen LogP contribution in [0.5, 0.6) is 0 Å². The minimum absolute atomic E-state index is 0.226. The summed E-state index contributed by atoms with van der Waals surface area (Å²) in [6.07, 6.45) is -11.5. The van der Waals surface area contributed by atoms with Gasteiger partial charge in [0, 0.05) is 0 Å². The molecule has 0 nitrogen and oxygen atoms in total. The minimum atomic E-state index is -6.14. The van der Waals surface area contributed by atoms with Gasteiger partial charge in [-0.05, 0) is 0 Å². The van der Waals surface area contributed by atoms with Crippen LogP contribution in [0.25, 0.3) is 0 Å². The van der Waals surface area contributed by atoms with E-state index in [1.807, 2.05) is 0 Å². The van der Waals surface area contributed by atoms with E-state index in [1.54, 1.807) is 0 Å². The van der Waals surface area contributed by atoms with Crippen LogP contribution in [-0.4, -0.2) is 6.15 Å². The van der Waals surface area contributed by atoms with Gasteiger partial charge in [0.05, 0.1) is 5.56 Å². The third-order valence-corrected chi connectivity index (χ3v) is 6.77. The highest BCUT2D eigenvalue weighted by Crippen LogP contribution is 2.31. The Balaban J connectivity index is 2.53. The highest BCUT2D eigenvalue weighted by Gasteiger charge is 2.49. The van der Waals surface area contributed by atoms with Crippen LogP contribution in [0, 0.1) is 87.3 Å². The summed E-state index contributed by atoms with van der Waals surface area (Å²) in [7, 11) is 0. The first-order chi connectivity index (χ1) is 20.2. The molecule has 234 valence electrons. The largest absolute Gasteiger partial charge is 0.416 e. The lowest BCUT2D eigenvalue weighted by Crippen LogP contribution is -2.79. The number of alkyl halides is 3. The molecule has 0 aromatic heterocycles. The summed E-state index contributed by atoms with van der Waals surface area (Å²) in [5.41, 5.74) is -12.5. The van der Waals surface area contributed by atoms with Gasteiger partial charge in [-0.15, -0.1) is 16.4 Å². The lowest BCUT2D eigenvalue weighted by Gasteiger charge is -2.44. The maximum Gasteiger partial charge on any atom is 0.416 e. The van der Waals surface area contributed by atoms with E-state index < -0.39 is 127 Å². The van der Waals surface area contributed by atoms with Crippen molar-refractivity contribution in [1.29, 1.82) is 0 Å². The number of halogens is 18. The second kappa shape index (κ2) is 10.7. The SMILES string of the molecule is Fc1c(F)c(F)c([B-](c2ccc(C(F)(F)F)cc2)(c2c(F)c(F)c(F)c(F)c2F)c2c(F)c(F)c(F)c(F)c2F)c(F)c1F. The zero-order valence-electron chi connectivity index (χ0n) is 20.2. The number of hydrogen-bond donors (Lipinski definition) is 0. The summed E-state index contributed by atoms with van der Waals surface area (Å²) in [4.78, 5) is 0. The monoisotopic (exact) mass is 657 g/mol. The maximum atomic E-state index is 15.4. The summed E-state index contributed by atoms with van der Waals surface area (Å²) in [6.45, 7) is 0. The van der Waals surface area contributed by atoms with Crippen molar-refractivity contribution in [3.63, 3.8) is 0 Å². The molecule has 0 aliphatic heterocycles. The molecule has 4 aromatic rings. The zero-order chi connectivity index (χ0) is 33.4. The molecule has 0 saturated carbocycles. The Kier molecular flexibility index (Phi) is 7.92. The Bertz CT molecular complexity index is 1590. The molecule has 0 bridgehead atoms. The highest BCUT2D eigenvalue weighted by atomic mass is 19.4. The summed E-state index contributed by atoms with van der Waals surface area (Å²) in [5.74, 6) is -48.3. The first kappa shape index (κ1) is 32.6. The first-order valence-corrected chi connectivity index (χ1v) is 11.1. The van der Waals surface area contributed by atoms with Gasteiger partial charge in [0.25, 0.3) is 0 Å². The number of rotatable bonds is 4. The van der Waals surface area contributed by atoms with Crippen LogP contribution in [0.3, 0.4) is 0 Å². The quantitative estimate of drug-likeness (QED) is 0.107. The van der Waals surface area contributed by atoms with Crippen LogP contribution >= 0.6 is 0 Å². The van der Waals surface area contributed by atoms with E-state index >= 15 is 26.3 Å². The average molecular weight is 657 g/mol. The van der Waals surface area contributed by atoms with Crippen molar-refractivity contribution < 1.29 is 79.0 Å². The van der Waals surface area contributed by atoms with Crippen LogP contribution in [0.4, 0.5) is 79.0 Å². The third-order valence-electron chi connectivity index (χ3n) is 6.77. The second-order valence-corrected chi connectivity index (χ2v) is 8.94. The van der Waals surface area contributed by atoms with Crippen LogP contribution in [0.2, 0.25) is 0 Å². The fourth-order valence-corrected chi connectivity index (χ4v) is 4.90. The van der Waals surface area contributed by atoms with Crippen molar-refractivity contribution in [2.24, 2.45) is 0 Å². The Hall–Kier alpha value is -4.32. The molecule has 0 spiro atoms. The molecule has 0 aliphatic rings. The van der Waals surface area contributed by atoms with Crippen molar-refractivity contribution in [1.82, 2.24) is 0 Å². The van der Waals surface area contributed by atoms with Crippen LogP contribution < -0.4 is 21.9 Å². The molecule has 0 saturated heterocycles. The molecule has 0 heterocycles. The average Bonchev–Trinajstić information content (AvgIpc) is 2.98. The Morgan fingerprint density at radius 1 is 0.318 bits per heavy atom. The van der Waals surface area contributed by atoms with E-state index in [0.29, 0.717) is 0 Å². The topological polar surface area (TPSA) is 0 Å². The van der Waals surface area contributed by atoms with Crippen LogP contribution in [-0.2, 0) is 6.18 Å². The van der Waals surface area contributed by atoms with Crippen molar-refractivity contribution in [3.8, 4) is 0 Å². The molecule has 0 N–H and O–H groups in total. The predicted octanol–water partition coefficient (Wildman–Crippen LogP) is 6.17. The fourth-order valence-electron chi connectivity index (χ4n) is 4.90. The van der Waals surface area contributed by atoms with Gasteiger partial charge in [0.1, 0.15) is 41.0 Å². The Morgan fingerprint density at radius 2 is 0.523 bits per heavy atom. The summed E-state index contributed by atoms with van der Waals surface area (Å²) in [6, 6.07) is -0.931. The van der Waals surface area contributed by atoms with E-state index in [4.69, 9.17) is 0 Å². The van der Waals surface area contributed by atoms with Gasteiger partial charge < -0.3 is 0 Å². The van der Waals surface area contributed by atoms with Gasteiger partial charge in [-0.2, -0.15) is 18.6 Å². The number of hydrogen-bond acceptors (Lipinski definition) is 0. The molecule has 0 fully saturated rings. The van der Waals surface area contributed by atoms with Crippen molar-refractivity contribution >= 4 is 28.0 Å². The Morgan fingerprint density at radius 3 is 0.727 bits per heavy atom. The minimum Gasteiger partial charge on any atom is -0.207 e. The van der Waals surface area contributed by atoms with E-state index in [9.17, 15) is 52.7 Å². The molecule has 0 atom stereocenters. The number of benzene rings is 4. The standard InChI is InChI=1S/C25H4BF18/c27-10-7(11(28)17(34)22(39)16(10)33)26(6-3-1-5(2-4-6)25(42,43)44,8-12(29)18(35)23(40)19(36)13(8)30)9-14(31)20(37)24(41)21(38)15(9)32/h1-4H/q-1. The zero-order valence-corrected chi connectivity index (χ0v) is 20.2. The lowest BCUT2D eigenvalue weighted by atomic mass is 9.12. The van der Waals surface area contributed by atoms with Crippen LogP contribution in [0.15, 0.2) is 24.3 Å². The maximum absolute atomic E-state index is 15.4. The molecule has 0 radical (unpaired) electrons. The third kappa shape index (κ3) is 4.37. The Labute approximate surface area is 231 Å². The van der Waals surface area contributed by atoms with Gasteiger partial charge in [0.15, 0.2) is 52.4 Å². The van der Waals surface area contributed by atoms with Gasteiger partial charge in [-0.1, -0.05) is 24.3 Å². The second-order valence-electron chi connectivity index (χ2n) is 8.94. The first-order valence-electron chi connectivity index (χ1n) is 11.1. The molecule has 4 aromatic carbocycles. The van der Waals surface area contributed by atoms with Crippen molar-refractivity contribution in [2.75, 3.05) is 0 Å². The van der Waals surface area contributed by atoms with Gasteiger partial charge >= 0.3 is 6.18 Å². The molecular weight excluding hydrogens is 653 g/mol. The van der Waals surface area contributed by atoms with E-state index in [0.717, 1.165) is 0 Å². The molecular formula is C25H4BF18-. The normalized spacial score (nSPS) is 12.3. The van der Waals surface area contributed by atoms with E-state index in [-0.39, 0.29) is 24.3 Å². The fraction of sp³-hybridized carbons (Fsp3) is 0.0400. The molecule has 0 amide bonds. The summed E-state index contributed by atoms with van der Waals surface area (Å²) >= 11 is 0. The van der Waals surface area contributed by atoms with Crippen molar-refractivity contribution in [2.45, 2.75) is 6.18 Å². The van der Waals surface area contributed by atoms with Gasteiger partial charge in [0.2, 0.25) is 0 Å². The summed E-state index contributed by atoms with van der Waals surface area (Å²) < 4.78 is 261. The van der Waals surface area contributed by atoms with Gasteiger partial charge in [-0.25, -0.2) is 65.9 Å². The smallest absolute Gasteiger partial charge is 0.207 e. The molecule has 0 aliphatic carbocycles. The predicted molar refractivity (Wildman–Crippen MR) is 114 cm³/mol. The molecule has 19 heteroatoms. The summed E-state index contributed by atoms with van der Waals surface area (Å²) in [5, 5.41) is 0. The molecule has 0 unspecified atom stereocenters. The van der Waals surface area contributed by atoms with Crippen LogP contribution in [0.1, 0.15) is 5.56 Å². The molecule has 44 heavy (non-hydrogen) atoms. The highest BCUT2D eigenvalue weighted by molar-refractivity contribution is 7.20. The van der Waals surface area contributed by atoms with E-state index in [2.05, 4.69) is 0 Å². The van der Waals surface area contributed by atoms with Gasteiger partial charge in [-0.3, -0.25) is 0 Å². The van der Waals surface area contributed by atoms with E-state index in [1.165, 1.54) is 0 Å². The lowest BCUT2D eigenvalue weighted by molar-refractivity contribution is -0.137. The molecule has 4 rings (SSSR count). The van der Waals surface area contributed by atoms with Crippen molar-refractivity contribution in [3.05, 3.63) is 117 Å².